The maximum absolute atomic E-state index is 11.2. The molecular weight excluding hydrogens is 266 g/mol. The van der Waals surface area contributed by atoms with Crippen molar-refractivity contribution in [2.75, 3.05) is 18.0 Å². The second-order valence-electron chi connectivity index (χ2n) is 5.25. The van der Waals surface area contributed by atoms with Gasteiger partial charge in [-0.3, -0.25) is 9.78 Å². The number of aromatic nitrogens is 2. The number of carboxylic acids is 1. The molecule has 108 valence electrons. The summed E-state index contributed by atoms with van der Waals surface area (Å²) in [6.45, 7) is 1.33. The van der Waals surface area contributed by atoms with E-state index in [2.05, 4.69) is 9.97 Å². The third kappa shape index (κ3) is 3.02. The molecule has 1 aromatic heterocycles. The third-order valence-corrected chi connectivity index (χ3v) is 3.79. The number of hydrogen-bond acceptors (Lipinski definition) is 4. The van der Waals surface area contributed by atoms with Gasteiger partial charge in [-0.1, -0.05) is 30.3 Å². The van der Waals surface area contributed by atoms with Crippen LogP contribution >= 0.6 is 0 Å². The average Bonchev–Trinajstić information content (AvgIpc) is 2.56. The minimum Gasteiger partial charge on any atom is -0.481 e. The second-order valence-corrected chi connectivity index (χ2v) is 5.25. The Morgan fingerprint density at radius 1 is 1.24 bits per heavy atom. The molecule has 1 atom stereocenters. The predicted molar refractivity (Wildman–Crippen MR) is 80.0 cm³/mol. The molecule has 1 saturated heterocycles. The van der Waals surface area contributed by atoms with E-state index in [0.29, 0.717) is 6.54 Å². The van der Waals surface area contributed by atoms with E-state index in [0.717, 1.165) is 36.5 Å². The van der Waals surface area contributed by atoms with Crippen molar-refractivity contribution < 1.29 is 9.90 Å². The summed E-state index contributed by atoms with van der Waals surface area (Å²) in [5.41, 5.74) is 1.82. The highest BCUT2D eigenvalue weighted by Crippen LogP contribution is 2.24. The van der Waals surface area contributed by atoms with Gasteiger partial charge in [0.15, 0.2) is 0 Å². The summed E-state index contributed by atoms with van der Waals surface area (Å²) in [5.74, 6) is -0.296. The van der Waals surface area contributed by atoms with Crippen LogP contribution in [0.4, 0.5) is 5.82 Å². The molecule has 1 aliphatic rings. The summed E-state index contributed by atoms with van der Waals surface area (Å²) in [5, 5.41) is 9.17. The predicted octanol–water partition coefficient (Wildman–Crippen LogP) is 2.44. The van der Waals surface area contributed by atoms with Crippen molar-refractivity contribution in [3.05, 3.63) is 42.7 Å². The molecule has 0 radical (unpaired) electrons. The molecule has 0 spiro atoms. The molecule has 0 aliphatic carbocycles. The van der Waals surface area contributed by atoms with E-state index in [9.17, 15) is 9.90 Å². The number of nitrogens with zero attached hydrogens (tertiary/aromatic N) is 3. The number of carbonyl (C=O) groups is 1. The first-order valence-electron chi connectivity index (χ1n) is 7.09. The summed E-state index contributed by atoms with van der Waals surface area (Å²) in [4.78, 5) is 22.1. The molecule has 2 heterocycles. The number of anilines is 1. The van der Waals surface area contributed by atoms with E-state index >= 15 is 0 Å². The Hall–Kier alpha value is -2.43. The smallest absolute Gasteiger partial charge is 0.308 e. The van der Waals surface area contributed by atoms with Gasteiger partial charge in [-0.15, -0.1) is 0 Å². The highest BCUT2D eigenvalue weighted by Gasteiger charge is 2.26. The van der Waals surface area contributed by atoms with Crippen molar-refractivity contribution in [3.63, 3.8) is 0 Å². The zero-order valence-corrected chi connectivity index (χ0v) is 11.6. The fraction of sp³-hybridized carbons (Fsp3) is 0.312. The number of carboxylic acid groups (broad SMARTS) is 1. The van der Waals surface area contributed by atoms with Crippen LogP contribution in [-0.2, 0) is 4.79 Å². The van der Waals surface area contributed by atoms with Crippen LogP contribution < -0.4 is 4.90 Å². The van der Waals surface area contributed by atoms with Gasteiger partial charge in [-0.25, -0.2) is 4.98 Å². The Bertz CT molecular complexity index is 630. The lowest BCUT2D eigenvalue weighted by Gasteiger charge is -2.31. The molecule has 0 saturated carbocycles. The summed E-state index contributed by atoms with van der Waals surface area (Å²) < 4.78 is 0. The van der Waals surface area contributed by atoms with Crippen molar-refractivity contribution in [2.24, 2.45) is 5.92 Å². The minimum absolute atomic E-state index is 0.319. The number of piperidine rings is 1. The number of rotatable bonds is 3. The SMILES string of the molecule is O=C(O)C1CCCN(c2cncc(-c3ccccc3)n2)C1. The standard InChI is InChI=1S/C16H17N3O2/c20-16(21)13-7-4-8-19(11-13)15-10-17-9-14(18-15)12-5-2-1-3-6-12/h1-3,5-6,9-10,13H,4,7-8,11H2,(H,20,21). The molecule has 2 aromatic rings. The summed E-state index contributed by atoms with van der Waals surface area (Å²) in [7, 11) is 0. The van der Waals surface area contributed by atoms with Crippen molar-refractivity contribution >= 4 is 11.8 Å². The fourth-order valence-corrected chi connectivity index (χ4v) is 2.64. The van der Waals surface area contributed by atoms with Crippen LogP contribution in [0.3, 0.4) is 0 Å². The first-order chi connectivity index (χ1) is 10.2. The zero-order valence-electron chi connectivity index (χ0n) is 11.6. The highest BCUT2D eigenvalue weighted by atomic mass is 16.4. The van der Waals surface area contributed by atoms with E-state index in [1.54, 1.807) is 12.4 Å². The van der Waals surface area contributed by atoms with Crippen molar-refractivity contribution in [2.45, 2.75) is 12.8 Å². The Balaban J connectivity index is 1.84. The normalized spacial score (nSPS) is 18.5. The zero-order chi connectivity index (χ0) is 14.7. The lowest BCUT2D eigenvalue weighted by atomic mass is 9.98. The van der Waals surface area contributed by atoms with Crippen LogP contribution in [0.5, 0.6) is 0 Å². The molecule has 21 heavy (non-hydrogen) atoms. The van der Waals surface area contributed by atoms with Gasteiger partial charge in [0.1, 0.15) is 5.82 Å². The average molecular weight is 283 g/mol. The van der Waals surface area contributed by atoms with Crippen LogP contribution in [0.15, 0.2) is 42.7 Å². The quantitative estimate of drug-likeness (QED) is 0.937. The second kappa shape index (κ2) is 5.91. The van der Waals surface area contributed by atoms with Gasteiger partial charge in [0, 0.05) is 18.7 Å². The Morgan fingerprint density at radius 2 is 2.05 bits per heavy atom. The van der Waals surface area contributed by atoms with E-state index in [1.807, 2.05) is 35.2 Å². The Kier molecular flexibility index (Phi) is 3.81. The molecule has 1 N–H and O–H groups in total. The van der Waals surface area contributed by atoms with Crippen LogP contribution in [0.25, 0.3) is 11.3 Å². The molecule has 0 amide bonds. The largest absolute Gasteiger partial charge is 0.481 e. The molecule has 1 fully saturated rings. The molecular formula is C16H17N3O2. The highest BCUT2D eigenvalue weighted by molar-refractivity contribution is 5.71. The maximum atomic E-state index is 11.2. The van der Waals surface area contributed by atoms with Gasteiger partial charge >= 0.3 is 5.97 Å². The lowest BCUT2D eigenvalue weighted by Crippen LogP contribution is -2.39. The summed E-state index contributed by atoms with van der Waals surface area (Å²) >= 11 is 0. The van der Waals surface area contributed by atoms with Gasteiger partial charge in [0.25, 0.3) is 0 Å². The number of hydrogen-bond donors (Lipinski definition) is 1. The van der Waals surface area contributed by atoms with E-state index < -0.39 is 5.97 Å². The van der Waals surface area contributed by atoms with Crippen LogP contribution in [0.1, 0.15) is 12.8 Å². The first-order valence-corrected chi connectivity index (χ1v) is 7.09. The van der Waals surface area contributed by atoms with E-state index in [1.165, 1.54) is 0 Å². The van der Waals surface area contributed by atoms with Crippen molar-refractivity contribution in [1.29, 1.82) is 0 Å². The Labute approximate surface area is 123 Å². The molecule has 5 nitrogen and oxygen atoms in total. The van der Waals surface area contributed by atoms with Crippen LogP contribution in [0, 0.1) is 5.92 Å². The minimum atomic E-state index is -0.730. The number of benzene rings is 1. The van der Waals surface area contributed by atoms with Crippen LogP contribution in [-0.4, -0.2) is 34.1 Å². The Morgan fingerprint density at radius 3 is 2.81 bits per heavy atom. The molecule has 0 bridgehead atoms. The third-order valence-electron chi connectivity index (χ3n) is 3.79. The topological polar surface area (TPSA) is 66.3 Å². The monoisotopic (exact) mass is 283 g/mol. The lowest BCUT2D eigenvalue weighted by molar-refractivity contribution is -0.141. The molecule has 1 aromatic carbocycles. The van der Waals surface area contributed by atoms with Gasteiger partial charge in [-0.2, -0.15) is 0 Å². The van der Waals surface area contributed by atoms with Crippen molar-refractivity contribution in [3.8, 4) is 11.3 Å². The van der Waals surface area contributed by atoms with Crippen molar-refractivity contribution in [1.82, 2.24) is 9.97 Å². The summed E-state index contributed by atoms with van der Waals surface area (Å²) in [6.07, 6.45) is 5.04. The fourth-order valence-electron chi connectivity index (χ4n) is 2.64. The van der Waals surface area contributed by atoms with Crippen LogP contribution in [0.2, 0.25) is 0 Å². The molecule has 1 unspecified atom stereocenters. The first kappa shape index (κ1) is 13.5. The van der Waals surface area contributed by atoms with E-state index in [4.69, 9.17) is 0 Å². The van der Waals surface area contributed by atoms with Gasteiger partial charge < -0.3 is 10.0 Å². The van der Waals surface area contributed by atoms with Gasteiger partial charge in [0.2, 0.25) is 0 Å². The summed E-state index contributed by atoms with van der Waals surface area (Å²) in [6, 6.07) is 9.87. The molecule has 1 aliphatic heterocycles. The maximum Gasteiger partial charge on any atom is 0.308 e. The van der Waals surface area contributed by atoms with Gasteiger partial charge in [0.05, 0.1) is 24.0 Å². The van der Waals surface area contributed by atoms with Gasteiger partial charge in [-0.05, 0) is 12.8 Å². The molecule has 5 heteroatoms. The molecule has 3 rings (SSSR count). The number of aliphatic carboxylic acids is 1. The van der Waals surface area contributed by atoms with E-state index in [-0.39, 0.29) is 5.92 Å².